The van der Waals surface area contributed by atoms with Gasteiger partial charge in [-0.25, -0.2) is 0 Å². The number of fused-ring (bicyclic) bond motifs is 5. The third-order valence-corrected chi connectivity index (χ3v) is 4.54. The Balaban J connectivity index is 1.79. The molecular weight excluding hydrogens is 208 g/mol. The molecule has 0 saturated carbocycles. The van der Waals surface area contributed by atoms with Gasteiger partial charge in [-0.1, -0.05) is 24.3 Å². The molecule has 0 aromatic heterocycles. The van der Waals surface area contributed by atoms with Crippen LogP contribution in [0.15, 0.2) is 36.0 Å². The molecular formula is C15H18N2. The van der Waals surface area contributed by atoms with Crippen LogP contribution in [-0.2, 0) is 0 Å². The highest BCUT2D eigenvalue weighted by Gasteiger charge is 2.42. The van der Waals surface area contributed by atoms with E-state index in [0.717, 1.165) is 12.5 Å². The van der Waals surface area contributed by atoms with Gasteiger partial charge in [0.15, 0.2) is 0 Å². The average molecular weight is 226 g/mol. The van der Waals surface area contributed by atoms with Crippen LogP contribution in [-0.4, -0.2) is 12.6 Å². The number of hydrogen-bond acceptors (Lipinski definition) is 2. The number of nitrogens with one attached hydrogen (secondary N) is 2. The summed E-state index contributed by atoms with van der Waals surface area (Å²) in [5, 5.41) is 7.31. The Morgan fingerprint density at radius 1 is 1.18 bits per heavy atom. The van der Waals surface area contributed by atoms with E-state index in [4.69, 9.17) is 0 Å². The minimum absolute atomic E-state index is 0.590. The van der Waals surface area contributed by atoms with Crippen molar-refractivity contribution in [3.63, 3.8) is 0 Å². The van der Waals surface area contributed by atoms with Gasteiger partial charge in [-0.3, -0.25) is 0 Å². The lowest BCUT2D eigenvalue weighted by Gasteiger charge is -2.39. The molecule has 17 heavy (non-hydrogen) atoms. The second-order valence-electron chi connectivity index (χ2n) is 5.44. The lowest BCUT2D eigenvalue weighted by molar-refractivity contribution is 0.332. The van der Waals surface area contributed by atoms with Crippen LogP contribution in [0.1, 0.15) is 30.7 Å². The van der Waals surface area contributed by atoms with E-state index >= 15 is 0 Å². The standard InChI is InChI=1S/C15H18N2/c1-3-7-12-10(5-1)15-11-6-2-4-8-13(11)17-14(15)9-16-12/h2,4,6-8,10,14-17H,1,3,5,9H2. The van der Waals surface area contributed by atoms with Crippen molar-refractivity contribution in [1.29, 1.82) is 0 Å². The molecule has 0 amide bonds. The number of para-hydroxylation sites is 1. The van der Waals surface area contributed by atoms with Crippen LogP contribution in [0.4, 0.5) is 5.69 Å². The Kier molecular flexibility index (Phi) is 1.99. The summed E-state index contributed by atoms with van der Waals surface area (Å²) in [6.45, 7) is 1.07. The summed E-state index contributed by atoms with van der Waals surface area (Å²) in [7, 11) is 0. The maximum Gasteiger partial charge on any atom is 0.0509 e. The molecule has 2 heteroatoms. The third kappa shape index (κ3) is 1.33. The summed E-state index contributed by atoms with van der Waals surface area (Å²) in [5.74, 6) is 1.41. The van der Waals surface area contributed by atoms with Crippen molar-refractivity contribution in [3.8, 4) is 0 Å². The van der Waals surface area contributed by atoms with Crippen molar-refractivity contribution >= 4 is 5.69 Å². The van der Waals surface area contributed by atoms with E-state index in [9.17, 15) is 0 Å². The zero-order valence-electron chi connectivity index (χ0n) is 9.95. The normalized spacial score (nSPS) is 33.6. The van der Waals surface area contributed by atoms with Gasteiger partial charge in [-0.15, -0.1) is 0 Å². The Labute approximate surface area is 102 Å². The van der Waals surface area contributed by atoms with Gasteiger partial charge in [-0.2, -0.15) is 0 Å². The molecule has 3 atom stereocenters. The van der Waals surface area contributed by atoms with E-state index in [2.05, 4.69) is 41.0 Å². The van der Waals surface area contributed by atoms with E-state index in [1.165, 1.54) is 36.2 Å². The number of piperidine rings is 1. The molecule has 4 rings (SSSR count). The number of anilines is 1. The molecule has 3 unspecified atom stereocenters. The Hall–Kier alpha value is -1.44. The van der Waals surface area contributed by atoms with E-state index in [-0.39, 0.29) is 0 Å². The first-order valence-electron chi connectivity index (χ1n) is 6.73. The first kappa shape index (κ1) is 9.58. The van der Waals surface area contributed by atoms with E-state index < -0.39 is 0 Å². The first-order chi connectivity index (χ1) is 8.43. The second kappa shape index (κ2) is 3.52. The smallest absolute Gasteiger partial charge is 0.0509 e. The van der Waals surface area contributed by atoms with E-state index in [1.54, 1.807) is 0 Å². The molecule has 1 saturated heterocycles. The van der Waals surface area contributed by atoms with Crippen LogP contribution < -0.4 is 10.6 Å². The molecule has 0 bridgehead atoms. The molecule has 2 aliphatic heterocycles. The van der Waals surface area contributed by atoms with Gasteiger partial charge < -0.3 is 10.6 Å². The first-order valence-corrected chi connectivity index (χ1v) is 6.73. The zero-order chi connectivity index (χ0) is 11.2. The maximum absolute atomic E-state index is 3.68. The van der Waals surface area contributed by atoms with Crippen molar-refractivity contribution in [2.45, 2.75) is 31.2 Å². The van der Waals surface area contributed by atoms with Crippen molar-refractivity contribution in [3.05, 3.63) is 41.6 Å². The second-order valence-corrected chi connectivity index (χ2v) is 5.44. The minimum atomic E-state index is 0.590. The Morgan fingerprint density at radius 3 is 3.12 bits per heavy atom. The monoisotopic (exact) mass is 226 g/mol. The molecule has 0 radical (unpaired) electrons. The highest BCUT2D eigenvalue weighted by atomic mass is 15.1. The molecule has 1 aromatic carbocycles. The van der Waals surface area contributed by atoms with Crippen LogP contribution >= 0.6 is 0 Å². The SMILES string of the molecule is C1=C2NCC3Nc4ccccc4C3C2CCC1. The van der Waals surface area contributed by atoms with E-state index in [1.807, 2.05) is 0 Å². The van der Waals surface area contributed by atoms with Crippen molar-refractivity contribution in [1.82, 2.24) is 5.32 Å². The van der Waals surface area contributed by atoms with E-state index in [0.29, 0.717) is 12.0 Å². The molecule has 1 fully saturated rings. The molecule has 2 N–H and O–H groups in total. The van der Waals surface area contributed by atoms with Crippen molar-refractivity contribution < 1.29 is 0 Å². The quantitative estimate of drug-likeness (QED) is 0.711. The van der Waals surface area contributed by atoms with Gasteiger partial charge in [0.05, 0.1) is 6.04 Å². The predicted octanol–water partition coefficient (Wildman–Crippen LogP) is 2.85. The summed E-state index contributed by atoms with van der Waals surface area (Å²) in [6.07, 6.45) is 6.37. The number of benzene rings is 1. The van der Waals surface area contributed by atoms with Crippen LogP contribution in [0.3, 0.4) is 0 Å². The lowest BCUT2D eigenvalue weighted by atomic mass is 9.74. The third-order valence-electron chi connectivity index (χ3n) is 4.54. The Morgan fingerprint density at radius 2 is 2.12 bits per heavy atom. The predicted molar refractivity (Wildman–Crippen MR) is 70.0 cm³/mol. The molecule has 88 valence electrons. The lowest BCUT2D eigenvalue weighted by Crippen LogP contribution is -2.45. The fraction of sp³-hybridized carbons (Fsp3) is 0.467. The Bertz CT molecular complexity index is 478. The van der Waals surface area contributed by atoms with Gasteiger partial charge in [-0.05, 0) is 30.9 Å². The molecule has 2 nitrogen and oxygen atoms in total. The summed E-state index contributed by atoms with van der Waals surface area (Å²) in [4.78, 5) is 0. The van der Waals surface area contributed by atoms with Gasteiger partial charge in [0, 0.05) is 29.8 Å². The van der Waals surface area contributed by atoms with Crippen LogP contribution in [0.5, 0.6) is 0 Å². The maximum atomic E-state index is 3.68. The molecule has 0 spiro atoms. The summed E-state index contributed by atoms with van der Waals surface area (Å²) < 4.78 is 0. The highest BCUT2D eigenvalue weighted by molar-refractivity contribution is 5.60. The van der Waals surface area contributed by atoms with Crippen LogP contribution in [0.25, 0.3) is 0 Å². The molecule has 2 heterocycles. The van der Waals surface area contributed by atoms with Gasteiger partial charge in [0.25, 0.3) is 0 Å². The summed E-state index contributed by atoms with van der Waals surface area (Å²) in [5.41, 5.74) is 4.41. The zero-order valence-corrected chi connectivity index (χ0v) is 9.95. The van der Waals surface area contributed by atoms with Crippen molar-refractivity contribution in [2.24, 2.45) is 5.92 Å². The van der Waals surface area contributed by atoms with Crippen LogP contribution in [0.2, 0.25) is 0 Å². The number of allylic oxidation sites excluding steroid dienone is 2. The van der Waals surface area contributed by atoms with Gasteiger partial charge >= 0.3 is 0 Å². The van der Waals surface area contributed by atoms with Gasteiger partial charge in [0.1, 0.15) is 0 Å². The molecule has 1 aliphatic carbocycles. The largest absolute Gasteiger partial charge is 0.386 e. The number of rotatable bonds is 0. The molecule has 3 aliphatic rings. The fourth-order valence-electron chi connectivity index (χ4n) is 3.81. The van der Waals surface area contributed by atoms with Gasteiger partial charge in [0.2, 0.25) is 0 Å². The van der Waals surface area contributed by atoms with Crippen LogP contribution in [0, 0.1) is 5.92 Å². The number of hydrogen-bond donors (Lipinski definition) is 2. The summed E-state index contributed by atoms with van der Waals surface area (Å²) >= 11 is 0. The fourth-order valence-corrected chi connectivity index (χ4v) is 3.81. The summed E-state index contributed by atoms with van der Waals surface area (Å²) in [6, 6.07) is 9.43. The minimum Gasteiger partial charge on any atom is -0.386 e. The average Bonchev–Trinajstić information content (AvgIpc) is 2.77. The highest BCUT2D eigenvalue weighted by Crippen LogP contribution is 2.47. The topological polar surface area (TPSA) is 24.1 Å². The molecule has 1 aromatic rings. The van der Waals surface area contributed by atoms with Crippen molar-refractivity contribution in [2.75, 3.05) is 11.9 Å².